The fourth-order valence-corrected chi connectivity index (χ4v) is 3.25. The lowest BCUT2D eigenvalue weighted by Gasteiger charge is -2.22. The second kappa shape index (κ2) is 9.22. The molecule has 1 fully saturated rings. The molecule has 0 radical (unpaired) electrons. The van der Waals surface area contributed by atoms with E-state index in [9.17, 15) is 0 Å². The van der Waals surface area contributed by atoms with Crippen molar-refractivity contribution in [3.63, 3.8) is 0 Å². The molecule has 5 heteroatoms. The van der Waals surface area contributed by atoms with Gasteiger partial charge in [-0.3, -0.25) is 0 Å². The summed E-state index contributed by atoms with van der Waals surface area (Å²) < 4.78 is 0. The number of hydrogen-bond acceptors (Lipinski definition) is 3. The van der Waals surface area contributed by atoms with Crippen LogP contribution in [0.2, 0.25) is 0 Å². The van der Waals surface area contributed by atoms with E-state index in [4.69, 9.17) is 4.99 Å². The van der Waals surface area contributed by atoms with Crippen LogP contribution in [0.25, 0.3) is 0 Å². The summed E-state index contributed by atoms with van der Waals surface area (Å²) in [5.41, 5.74) is 2.48. The zero-order chi connectivity index (χ0) is 18.2. The van der Waals surface area contributed by atoms with E-state index in [-0.39, 0.29) is 0 Å². The predicted molar refractivity (Wildman–Crippen MR) is 108 cm³/mol. The number of hydrogen-bond donors (Lipinski definition) is 1. The van der Waals surface area contributed by atoms with E-state index in [2.05, 4.69) is 70.5 Å². The minimum atomic E-state index is 0.658. The normalized spacial score (nSPS) is 14.5. The number of aliphatic imine (C=N–C) groups is 1. The van der Waals surface area contributed by atoms with E-state index < -0.39 is 0 Å². The third-order valence-corrected chi connectivity index (χ3v) is 4.61. The van der Waals surface area contributed by atoms with Gasteiger partial charge >= 0.3 is 0 Å². The number of nitrogens with one attached hydrogen (secondary N) is 1. The van der Waals surface area contributed by atoms with E-state index in [1.165, 1.54) is 24.0 Å². The van der Waals surface area contributed by atoms with Crippen LogP contribution in [0.3, 0.4) is 0 Å². The minimum Gasteiger partial charge on any atom is -0.357 e. The van der Waals surface area contributed by atoms with Crippen LogP contribution in [0.5, 0.6) is 0 Å². The van der Waals surface area contributed by atoms with Crippen molar-refractivity contribution < 1.29 is 0 Å². The van der Waals surface area contributed by atoms with Crippen LogP contribution in [0, 0.1) is 0 Å². The highest BCUT2D eigenvalue weighted by molar-refractivity contribution is 5.79. The van der Waals surface area contributed by atoms with Gasteiger partial charge in [-0.1, -0.05) is 30.3 Å². The van der Waals surface area contributed by atoms with Gasteiger partial charge in [0.25, 0.3) is 0 Å². The first-order valence-corrected chi connectivity index (χ1v) is 9.49. The Balaban J connectivity index is 1.67. The molecule has 0 spiro atoms. The highest BCUT2D eigenvalue weighted by atomic mass is 15.3. The van der Waals surface area contributed by atoms with Crippen molar-refractivity contribution in [2.24, 2.45) is 4.99 Å². The number of rotatable bonds is 6. The summed E-state index contributed by atoms with van der Waals surface area (Å²) in [7, 11) is 2.08. The fraction of sp³-hybridized carbons (Fsp3) is 0.429. The number of nitrogens with zero attached hydrogens (tertiary/aromatic N) is 4. The highest BCUT2D eigenvalue weighted by Gasteiger charge is 2.13. The van der Waals surface area contributed by atoms with Crippen molar-refractivity contribution in [1.29, 1.82) is 0 Å². The summed E-state index contributed by atoms with van der Waals surface area (Å²) in [5.74, 6) is 2.01. The molecule has 0 bridgehead atoms. The van der Waals surface area contributed by atoms with Crippen LogP contribution in [-0.2, 0) is 13.1 Å². The Labute approximate surface area is 156 Å². The van der Waals surface area contributed by atoms with Gasteiger partial charge in [0.1, 0.15) is 5.82 Å². The largest absolute Gasteiger partial charge is 0.357 e. The maximum absolute atomic E-state index is 4.83. The first kappa shape index (κ1) is 18.2. The Morgan fingerprint density at radius 1 is 1.15 bits per heavy atom. The van der Waals surface area contributed by atoms with Crippen molar-refractivity contribution >= 4 is 11.8 Å². The Morgan fingerprint density at radius 2 is 1.92 bits per heavy atom. The molecule has 0 saturated carbocycles. The molecule has 1 saturated heterocycles. The van der Waals surface area contributed by atoms with Gasteiger partial charge in [-0.25, -0.2) is 9.98 Å². The van der Waals surface area contributed by atoms with E-state index in [1.54, 1.807) is 0 Å². The number of aromatic nitrogens is 1. The van der Waals surface area contributed by atoms with Crippen LogP contribution >= 0.6 is 0 Å². The smallest absolute Gasteiger partial charge is 0.194 e. The van der Waals surface area contributed by atoms with Crippen molar-refractivity contribution in [1.82, 2.24) is 15.2 Å². The Kier molecular flexibility index (Phi) is 6.47. The van der Waals surface area contributed by atoms with E-state index >= 15 is 0 Å². The van der Waals surface area contributed by atoms with E-state index in [1.807, 2.05) is 12.3 Å². The molecule has 1 aromatic heterocycles. The summed E-state index contributed by atoms with van der Waals surface area (Å²) in [5, 5.41) is 3.39. The quantitative estimate of drug-likeness (QED) is 0.641. The molecule has 3 rings (SSSR count). The number of benzene rings is 1. The van der Waals surface area contributed by atoms with Crippen LogP contribution in [-0.4, -0.2) is 42.5 Å². The highest BCUT2D eigenvalue weighted by Crippen LogP contribution is 2.18. The molecular formula is C21H29N5. The van der Waals surface area contributed by atoms with Gasteiger partial charge in [0.15, 0.2) is 5.96 Å². The Bertz CT molecular complexity index is 707. The first-order chi connectivity index (χ1) is 12.8. The summed E-state index contributed by atoms with van der Waals surface area (Å²) in [6.07, 6.45) is 4.43. The molecule has 1 aliphatic heterocycles. The summed E-state index contributed by atoms with van der Waals surface area (Å²) in [6, 6.07) is 14.7. The number of guanidine groups is 1. The van der Waals surface area contributed by atoms with Crippen molar-refractivity contribution in [2.75, 3.05) is 31.6 Å². The second-order valence-corrected chi connectivity index (χ2v) is 6.73. The average Bonchev–Trinajstić information content (AvgIpc) is 3.21. The molecule has 138 valence electrons. The predicted octanol–water partition coefficient (Wildman–Crippen LogP) is 3.28. The maximum atomic E-state index is 4.83. The molecule has 1 N–H and O–H groups in total. The molecular weight excluding hydrogens is 322 g/mol. The van der Waals surface area contributed by atoms with Gasteiger partial charge in [0.05, 0.1) is 6.54 Å². The summed E-state index contributed by atoms with van der Waals surface area (Å²) in [4.78, 5) is 13.9. The fourth-order valence-electron chi connectivity index (χ4n) is 3.25. The van der Waals surface area contributed by atoms with Crippen LogP contribution in [0.15, 0.2) is 53.7 Å². The van der Waals surface area contributed by atoms with Gasteiger partial charge in [0.2, 0.25) is 0 Å². The van der Waals surface area contributed by atoms with Gasteiger partial charge in [0, 0.05) is 39.4 Å². The molecule has 1 aromatic carbocycles. The lowest BCUT2D eigenvalue weighted by molar-refractivity contribution is 0.477. The molecule has 2 aromatic rings. The second-order valence-electron chi connectivity index (χ2n) is 6.73. The lowest BCUT2D eigenvalue weighted by atomic mass is 10.2. The molecule has 0 atom stereocenters. The van der Waals surface area contributed by atoms with Crippen LogP contribution in [0.4, 0.5) is 5.82 Å². The van der Waals surface area contributed by atoms with Crippen LogP contribution < -0.4 is 10.2 Å². The zero-order valence-corrected chi connectivity index (χ0v) is 15.9. The SMILES string of the molecule is CCNC(=NCc1ccnc(N2CCCC2)c1)N(C)Cc1ccccc1. The van der Waals surface area contributed by atoms with Crippen molar-refractivity contribution in [3.05, 3.63) is 59.8 Å². The molecule has 26 heavy (non-hydrogen) atoms. The molecule has 0 aliphatic carbocycles. The monoisotopic (exact) mass is 351 g/mol. The maximum Gasteiger partial charge on any atom is 0.194 e. The van der Waals surface area contributed by atoms with Crippen LogP contribution in [0.1, 0.15) is 30.9 Å². The average molecular weight is 351 g/mol. The third-order valence-electron chi connectivity index (χ3n) is 4.61. The standard InChI is InChI=1S/C21H29N5/c1-3-22-21(25(2)17-18-9-5-4-6-10-18)24-16-19-11-12-23-20(15-19)26-13-7-8-14-26/h4-6,9-12,15H,3,7-8,13-14,16-17H2,1-2H3,(H,22,24). The zero-order valence-electron chi connectivity index (χ0n) is 15.9. The molecule has 0 unspecified atom stereocenters. The van der Waals surface area contributed by atoms with Crippen molar-refractivity contribution in [2.45, 2.75) is 32.9 Å². The third kappa shape index (κ3) is 4.97. The molecule has 1 aliphatic rings. The van der Waals surface area contributed by atoms with Crippen molar-refractivity contribution in [3.8, 4) is 0 Å². The number of anilines is 1. The minimum absolute atomic E-state index is 0.658. The summed E-state index contributed by atoms with van der Waals surface area (Å²) >= 11 is 0. The molecule has 2 heterocycles. The van der Waals surface area contributed by atoms with Gasteiger partial charge in [-0.2, -0.15) is 0 Å². The van der Waals surface area contributed by atoms with Gasteiger partial charge in [-0.15, -0.1) is 0 Å². The van der Waals surface area contributed by atoms with E-state index in [0.29, 0.717) is 6.54 Å². The van der Waals surface area contributed by atoms with E-state index in [0.717, 1.165) is 38.0 Å². The Morgan fingerprint density at radius 3 is 2.65 bits per heavy atom. The summed E-state index contributed by atoms with van der Waals surface area (Å²) in [6.45, 7) is 6.67. The molecule has 5 nitrogen and oxygen atoms in total. The molecule has 0 amide bonds. The van der Waals surface area contributed by atoms with Gasteiger partial charge < -0.3 is 15.1 Å². The lowest BCUT2D eigenvalue weighted by Crippen LogP contribution is -2.38. The topological polar surface area (TPSA) is 43.8 Å². The number of pyridine rings is 1. The Hall–Kier alpha value is -2.56. The van der Waals surface area contributed by atoms with Gasteiger partial charge in [-0.05, 0) is 43.0 Å². The first-order valence-electron chi connectivity index (χ1n) is 9.49.